The second-order valence-electron chi connectivity index (χ2n) is 6.96. The number of halogens is 1. The van der Waals surface area contributed by atoms with Gasteiger partial charge in [0.15, 0.2) is 5.76 Å². The number of nitrogens with one attached hydrogen (secondary N) is 1. The quantitative estimate of drug-likeness (QED) is 0.300. The lowest BCUT2D eigenvalue weighted by atomic mass is 10.1. The predicted octanol–water partition coefficient (Wildman–Crippen LogP) is 4.72. The number of benzene rings is 2. The molecule has 0 fully saturated rings. The molecule has 0 aliphatic rings. The van der Waals surface area contributed by atoms with Crippen LogP contribution in [0, 0.1) is 11.3 Å². The van der Waals surface area contributed by atoms with E-state index in [1.165, 1.54) is 6.26 Å². The van der Waals surface area contributed by atoms with E-state index >= 15 is 0 Å². The van der Waals surface area contributed by atoms with Crippen molar-refractivity contribution >= 4 is 29.3 Å². The monoisotopic (exact) mass is 459 g/mol. The van der Waals surface area contributed by atoms with Crippen molar-refractivity contribution in [3.05, 3.63) is 88.6 Å². The van der Waals surface area contributed by atoms with Crippen LogP contribution >= 0.6 is 11.6 Å². The molecule has 33 heavy (non-hydrogen) atoms. The molecule has 0 spiro atoms. The summed E-state index contributed by atoms with van der Waals surface area (Å²) in [6.07, 6.45) is 2.13. The van der Waals surface area contributed by atoms with Crippen LogP contribution in [0.4, 0.5) is 11.8 Å². The molecule has 2 aromatic heterocycles. The summed E-state index contributed by atoms with van der Waals surface area (Å²) in [5.41, 5.74) is 7.78. The average molecular weight is 460 g/mol. The van der Waals surface area contributed by atoms with E-state index in [9.17, 15) is 10.1 Å². The summed E-state index contributed by atoms with van der Waals surface area (Å²) in [5, 5.41) is 13.2. The molecule has 0 radical (unpaired) electrons. The summed E-state index contributed by atoms with van der Waals surface area (Å²) in [4.78, 5) is 20.5. The maximum absolute atomic E-state index is 12.2. The lowest BCUT2D eigenvalue weighted by Crippen LogP contribution is -2.11. The van der Waals surface area contributed by atoms with E-state index in [2.05, 4.69) is 21.4 Å². The number of aromatic nitrogens is 2. The minimum Gasteiger partial charge on any atom is -0.463 e. The van der Waals surface area contributed by atoms with Crippen molar-refractivity contribution in [2.24, 2.45) is 0 Å². The highest BCUT2D eigenvalue weighted by molar-refractivity contribution is 6.30. The summed E-state index contributed by atoms with van der Waals surface area (Å²) < 4.78 is 10.7. The lowest BCUT2D eigenvalue weighted by molar-refractivity contribution is 0.0734. The Morgan fingerprint density at radius 1 is 1.15 bits per heavy atom. The fourth-order valence-corrected chi connectivity index (χ4v) is 3.32. The molecule has 2 aromatic carbocycles. The number of nitrogens with two attached hydrogens (primary N) is 1. The first-order chi connectivity index (χ1) is 16.0. The Bertz CT molecular complexity index is 1320. The van der Waals surface area contributed by atoms with Crippen LogP contribution in [0.1, 0.15) is 21.5 Å². The Labute approximate surface area is 194 Å². The first kappa shape index (κ1) is 21.9. The largest absolute Gasteiger partial charge is 0.463 e. The van der Waals surface area contributed by atoms with E-state index in [4.69, 9.17) is 26.5 Å². The molecule has 8 nitrogen and oxygen atoms in total. The number of esters is 1. The highest BCUT2D eigenvalue weighted by atomic mass is 35.5. The first-order valence-electron chi connectivity index (χ1n) is 9.95. The molecule has 0 unspecified atom stereocenters. The number of ether oxygens (including phenoxy) is 1. The van der Waals surface area contributed by atoms with Gasteiger partial charge in [-0.05, 0) is 54.4 Å². The van der Waals surface area contributed by atoms with Crippen molar-refractivity contribution in [1.82, 2.24) is 9.97 Å². The molecule has 4 rings (SSSR count). The second kappa shape index (κ2) is 9.85. The van der Waals surface area contributed by atoms with E-state index in [0.717, 1.165) is 5.56 Å². The van der Waals surface area contributed by atoms with Gasteiger partial charge in [-0.3, -0.25) is 0 Å². The Balaban J connectivity index is 1.39. The summed E-state index contributed by atoms with van der Waals surface area (Å²) in [5.74, 6) is 0.753. The molecule has 9 heteroatoms. The molecule has 2 heterocycles. The van der Waals surface area contributed by atoms with Gasteiger partial charge in [-0.25, -0.2) is 9.78 Å². The smallest absolute Gasteiger partial charge is 0.343 e. The summed E-state index contributed by atoms with van der Waals surface area (Å²) in [7, 11) is 0. The number of hydrogen-bond donors (Lipinski definition) is 2. The van der Waals surface area contributed by atoms with Crippen molar-refractivity contribution in [1.29, 1.82) is 5.26 Å². The van der Waals surface area contributed by atoms with Crippen LogP contribution in [0.3, 0.4) is 0 Å². The van der Waals surface area contributed by atoms with Crippen molar-refractivity contribution in [3.63, 3.8) is 0 Å². The highest BCUT2D eigenvalue weighted by Crippen LogP contribution is 2.27. The number of carbonyl (C=O) groups is 1. The minimum absolute atomic E-state index is 0.0359. The molecule has 0 bridgehead atoms. The van der Waals surface area contributed by atoms with Crippen LogP contribution in [-0.4, -0.2) is 22.5 Å². The summed E-state index contributed by atoms with van der Waals surface area (Å²) in [6.45, 7) is 0.490. The maximum atomic E-state index is 12.2. The van der Waals surface area contributed by atoms with E-state index in [1.54, 1.807) is 48.5 Å². The molecule has 0 saturated heterocycles. The normalized spacial score (nSPS) is 10.4. The fraction of sp³-hybridized carbons (Fsp3) is 0.0833. The molecule has 0 saturated carbocycles. The zero-order valence-electron chi connectivity index (χ0n) is 17.3. The van der Waals surface area contributed by atoms with Crippen LogP contribution < -0.4 is 15.8 Å². The lowest BCUT2D eigenvalue weighted by Gasteiger charge is -2.11. The number of furan rings is 1. The standard InChI is InChI=1S/C24H18ClN5O3/c25-17-4-1-3-16(13-17)23(31)33-18-8-6-15(7-9-18)10-11-28-22-19(14-26)21(29-24(27)30-22)20-5-2-12-32-20/h1-9,12-13H,10-11H2,(H3,27,28,29,30). The molecule has 4 aromatic rings. The number of nitrogens with zero attached hydrogens (tertiary/aromatic N) is 3. The van der Waals surface area contributed by atoms with Crippen LogP contribution in [0.2, 0.25) is 5.02 Å². The Morgan fingerprint density at radius 3 is 2.67 bits per heavy atom. The van der Waals surface area contributed by atoms with Crippen molar-refractivity contribution < 1.29 is 13.9 Å². The van der Waals surface area contributed by atoms with Crippen molar-refractivity contribution in [2.75, 3.05) is 17.6 Å². The molecule has 0 aliphatic carbocycles. The fourth-order valence-electron chi connectivity index (χ4n) is 3.13. The molecule has 3 N–H and O–H groups in total. The molecular formula is C24H18ClN5O3. The molecular weight excluding hydrogens is 442 g/mol. The van der Waals surface area contributed by atoms with E-state index in [-0.39, 0.29) is 11.5 Å². The number of carbonyl (C=O) groups excluding carboxylic acids is 1. The topological polar surface area (TPSA) is 127 Å². The van der Waals surface area contributed by atoms with Crippen LogP contribution in [-0.2, 0) is 6.42 Å². The van der Waals surface area contributed by atoms with Gasteiger partial charge in [0.1, 0.15) is 28.9 Å². The third-order valence-corrected chi connectivity index (χ3v) is 4.93. The predicted molar refractivity (Wildman–Crippen MR) is 124 cm³/mol. The maximum Gasteiger partial charge on any atom is 0.343 e. The van der Waals surface area contributed by atoms with Gasteiger partial charge >= 0.3 is 5.97 Å². The first-order valence-corrected chi connectivity index (χ1v) is 10.3. The van der Waals surface area contributed by atoms with E-state index in [1.807, 2.05) is 12.1 Å². The van der Waals surface area contributed by atoms with Gasteiger partial charge in [0.2, 0.25) is 5.95 Å². The zero-order chi connectivity index (χ0) is 23.2. The van der Waals surface area contributed by atoms with Gasteiger partial charge in [0, 0.05) is 11.6 Å². The van der Waals surface area contributed by atoms with Gasteiger partial charge < -0.3 is 20.2 Å². The number of nitrogen functional groups attached to an aromatic ring is 1. The molecule has 164 valence electrons. The molecule has 0 atom stereocenters. The van der Waals surface area contributed by atoms with Gasteiger partial charge in [-0.1, -0.05) is 29.8 Å². The summed E-state index contributed by atoms with van der Waals surface area (Å²) in [6, 6.07) is 19.2. The van der Waals surface area contributed by atoms with E-state index < -0.39 is 5.97 Å². The van der Waals surface area contributed by atoms with E-state index in [0.29, 0.717) is 46.6 Å². The second-order valence-corrected chi connectivity index (χ2v) is 7.40. The number of nitriles is 1. The zero-order valence-corrected chi connectivity index (χ0v) is 18.0. The molecule has 0 aliphatic heterocycles. The van der Waals surface area contributed by atoms with Gasteiger partial charge in [-0.15, -0.1) is 0 Å². The van der Waals surface area contributed by atoms with Gasteiger partial charge in [0.05, 0.1) is 11.8 Å². The Morgan fingerprint density at radius 2 is 1.97 bits per heavy atom. The SMILES string of the molecule is N#Cc1c(NCCc2ccc(OC(=O)c3cccc(Cl)c3)cc2)nc(N)nc1-c1ccco1. The third kappa shape index (κ3) is 5.29. The van der Waals surface area contributed by atoms with Crippen LogP contribution in [0.15, 0.2) is 71.3 Å². The average Bonchev–Trinajstić information content (AvgIpc) is 3.35. The van der Waals surface area contributed by atoms with Gasteiger partial charge in [0.25, 0.3) is 0 Å². The highest BCUT2D eigenvalue weighted by Gasteiger charge is 2.17. The van der Waals surface area contributed by atoms with Crippen molar-refractivity contribution in [3.8, 4) is 23.3 Å². The van der Waals surface area contributed by atoms with Crippen molar-refractivity contribution in [2.45, 2.75) is 6.42 Å². The van der Waals surface area contributed by atoms with Gasteiger partial charge in [-0.2, -0.15) is 10.2 Å². The third-order valence-electron chi connectivity index (χ3n) is 4.69. The Kier molecular flexibility index (Phi) is 6.53. The minimum atomic E-state index is -0.482. The van der Waals surface area contributed by atoms with Crippen LogP contribution in [0.5, 0.6) is 5.75 Å². The summed E-state index contributed by atoms with van der Waals surface area (Å²) >= 11 is 5.92. The van der Waals surface area contributed by atoms with Crippen LogP contribution in [0.25, 0.3) is 11.5 Å². The Hall–Kier alpha value is -4.35. The number of hydrogen-bond acceptors (Lipinski definition) is 8. The molecule has 0 amide bonds. The number of rotatable bonds is 7. The number of anilines is 2.